The van der Waals surface area contributed by atoms with Gasteiger partial charge in [0.2, 0.25) is 10.0 Å². The largest absolute Gasteiger partial charge is 0.310 e. The van der Waals surface area contributed by atoms with Crippen molar-refractivity contribution >= 4 is 10.0 Å². The molecule has 0 amide bonds. The lowest BCUT2D eigenvalue weighted by atomic mass is 10.1. The molecule has 2 saturated heterocycles. The Balaban J connectivity index is 1.87. The van der Waals surface area contributed by atoms with Gasteiger partial charge < -0.3 is 5.32 Å². The van der Waals surface area contributed by atoms with Crippen molar-refractivity contribution in [3.05, 3.63) is 29.8 Å². The third kappa shape index (κ3) is 2.62. The van der Waals surface area contributed by atoms with Gasteiger partial charge >= 0.3 is 0 Å². The summed E-state index contributed by atoms with van der Waals surface area (Å²) in [5.41, 5.74) is 1.07. The number of rotatable bonds is 3. The van der Waals surface area contributed by atoms with Crippen LogP contribution in [0.1, 0.15) is 31.7 Å². The van der Waals surface area contributed by atoms with E-state index in [0.29, 0.717) is 30.1 Å². The van der Waals surface area contributed by atoms with Gasteiger partial charge in [0.05, 0.1) is 4.90 Å². The topological polar surface area (TPSA) is 49.4 Å². The van der Waals surface area contributed by atoms with Crippen LogP contribution in [0.2, 0.25) is 0 Å². The van der Waals surface area contributed by atoms with Gasteiger partial charge in [0.25, 0.3) is 0 Å². The van der Waals surface area contributed by atoms with Crippen molar-refractivity contribution in [2.45, 2.75) is 49.6 Å². The van der Waals surface area contributed by atoms with E-state index in [0.717, 1.165) is 24.8 Å². The van der Waals surface area contributed by atoms with Gasteiger partial charge in [-0.25, -0.2) is 8.42 Å². The van der Waals surface area contributed by atoms with Crippen molar-refractivity contribution in [2.75, 3.05) is 13.1 Å². The average Bonchev–Trinajstić information content (AvgIpc) is 2.77. The summed E-state index contributed by atoms with van der Waals surface area (Å²) >= 11 is 0. The summed E-state index contributed by atoms with van der Waals surface area (Å²) in [6.45, 7) is 3.28. The lowest BCUT2D eigenvalue weighted by molar-refractivity contribution is 0.383. The van der Waals surface area contributed by atoms with Gasteiger partial charge in [-0.15, -0.1) is 0 Å². The van der Waals surface area contributed by atoms with Crippen LogP contribution in [0.3, 0.4) is 0 Å². The molecule has 2 fully saturated rings. The Labute approximate surface area is 121 Å². The molecule has 0 radical (unpaired) electrons. The number of hydrogen-bond acceptors (Lipinski definition) is 3. The quantitative estimate of drug-likeness (QED) is 0.924. The van der Waals surface area contributed by atoms with E-state index in [4.69, 9.17) is 0 Å². The minimum Gasteiger partial charge on any atom is -0.310 e. The van der Waals surface area contributed by atoms with Gasteiger partial charge in [-0.2, -0.15) is 4.31 Å². The third-order valence-corrected chi connectivity index (χ3v) is 6.29. The predicted molar refractivity (Wildman–Crippen MR) is 79.1 cm³/mol. The van der Waals surface area contributed by atoms with Crippen LogP contribution < -0.4 is 5.32 Å². The van der Waals surface area contributed by atoms with Gasteiger partial charge in [0.15, 0.2) is 0 Å². The smallest absolute Gasteiger partial charge is 0.243 e. The van der Waals surface area contributed by atoms with Crippen molar-refractivity contribution in [1.29, 1.82) is 0 Å². The van der Waals surface area contributed by atoms with Crippen LogP contribution in [0.25, 0.3) is 0 Å². The maximum atomic E-state index is 12.8. The second-order valence-electron chi connectivity index (χ2n) is 5.79. The summed E-state index contributed by atoms with van der Waals surface area (Å²) in [6, 6.07) is 8.17. The number of sulfonamides is 1. The number of fused-ring (bicyclic) bond motifs is 2. The van der Waals surface area contributed by atoms with Crippen molar-refractivity contribution in [2.24, 2.45) is 0 Å². The highest BCUT2D eigenvalue weighted by molar-refractivity contribution is 7.89. The van der Waals surface area contributed by atoms with Crippen LogP contribution in [0.5, 0.6) is 0 Å². The Kier molecular flexibility index (Phi) is 3.84. The Bertz CT molecular complexity index is 585. The summed E-state index contributed by atoms with van der Waals surface area (Å²) in [4.78, 5) is 0.439. The maximum absolute atomic E-state index is 12.8. The molecule has 2 bridgehead atoms. The van der Waals surface area contributed by atoms with Crippen molar-refractivity contribution < 1.29 is 8.42 Å². The summed E-state index contributed by atoms with van der Waals surface area (Å²) in [7, 11) is -3.35. The number of hydrogen-bond donors (Lipinski definition) is 1. The van der Waals surface area contributed by atoms with E-state index in [1.807, 2.05) is 25.1 Å². The summed E-state index contributed by atoms with van der Waals surface area (Å²) < 4.78 is 27.2. The SMILES string of the molecule is CCc1cccc(S(=O)(=O)N2CCC3CCC(C2)N3)c1. The molecule has 2 aliphatic rings. The van der Waals surface area contributed by atoms with Gasteiger partial charge in [-0.1, -0.05) is 19.1 Å². The number of aryl methyl sites for hydroxylation is 1. The molecular formula is C15H22N2O2S. The molecule has 2 aliphatic heterocycles. The second kappa shape index (κ2) is 5.47. The van der Waals surface area contributed by atoms with E-state index in [9.17, 15) is 8.42 Å². The molecule has 2 heterocycles. The minimum atomic E-state index is -3.35. The molecule has 5 heteroatoms. The van der Waals surface area contributed by atoms with Crippen LogP contribution in [0, 0.1) is 0 Å². The predicted octanol–water partition coefficient (Wildman–Crippen LogP) is 1.76. The molecular weight excluding hydrogens is 272 g/mol. The fourth-order valence-electron chi connectivity index (χ4n) is 3.20. The van der Waals surface area contributed by atoms with Crippen LogP contribution >= 0.6 is 0 Å². The Hall–Kier alpha value is -0.910. The Morgan fingerprint density at radius 1 is 1.25 bits per heavy atom. The Morgan fingerprint density at radius 3 is 2.85 bits per heavy atom. The average molecular weight is 294 g/mol. The first kappa shape index (κ1) is 14.0. The van der Waals surface area contributed by atoms with Crippen molar-refractivity contribution in [3.63, 3.8) is 0 Å². The third-order valence-electron chi connectivity index (χ3n) is 4.43. The van der Waals surface area contributed by atoms with E-state index < -0.39 is 10.0 Å². The first-order valence-corrected chi connectivity index (χ1v) is 8.88. The maximum Gasteiger partial charge on any atom is 0.243 e. The lowest BCUT2D eigenvalue weighted by Crippen LogP contribution is -2.39. The fourth-order valence-corrected chi connectivity index (χ4v) is 4.78. The zero-order valence-electron chi connectivity index (χ0n) is 11.9. The van der Waals surface area contributed by atoms with E-state index in [2.05, 4.69) is 5.32 Å². The molecule has 4 nitrogen and oxygen atoms in total. The monoisotopic (exact) mass is 294 g/mol. The van der Waals surface area contributed by atoms with Gasteiger partial charge in [0, 0.05) is 25.2 Å². The van der Waals surface area contributed by atoms with E-state index in [1.165, 1.54) is 6.42 Å². The summed E-state index contributed by atoms with van der Waals surface area (Å²) in [5.74, 6) is 0. The van der Waals surface area contributed by atoms with Crippen molar-refractivity contribution in [3.8, 4) is 0 Å². The Morgan fingerprint density at radius 2 is 2.05 bits per heavy atom. The minimum absolute atomic E-state index is 0.326. The van der Waals surface area contributed by atoms with Gasteiger partial charge in [-0.3, -0.25) is 0 Å². The van der Waals surface area contributed by atoms with E-state index in [1.54, 1.807) is 10.4 Å². The highest BCUT2D eigenvalue weighted by atomic mass is 32.2. The molecule has 0 saturated carbocycles. The van der Waals surface area contributed by atoms with Crippen LogP contribution in [0.4, 0.5) is 0 Å². The normalized spacial score (nSPS) is 27.4. The number of nitrogens with one attached hydrogen (secondary N) is 1. The van der Waals surface area contributed by atoms with Gasteiger partial charge in [0.1, 0.15) is 0 Å². The molecule has 0 aliphatic carbocycles. The standard InChI is InChI=1S/C15H22N2O2S/c1-2-12-4-3-5-15(10-12)20(18,19)17-9-8-13-6-7-14(11-17)16-13/h3-5,10,13-14,16H,2,6-9,11H2,1H3. The molecule has 20 heavy (non-hydrogen) atoms. The number of benzene rings is 1. The first-order chi connectivity index (χ1) is 9.59. The van der Waals surface area contributed by atoms with Gasteiger partial charge in [-0.05, 0) is 43.4 Å². The second-order valence-corrected chi connectivity index (χ2v) is 7.73. The summed E-state index contributed by atoms with van der Waals surface area (Å²) in [6.07, 6.45) is 4.05. The highest BCUT2D eigenvalue weighted by Crippen LogP contribution is 2.25. The zero-order valence-corrected chi connectivity index (χ0v) is 12.7. The highest BCUT2D eigenvalue weighted by Gasteiger charge is 2.34. The number of nitrogens with zero attached hydrogens (tertiary/aromatic N) is 1. The molecule has 2 atom stereocenters. The van der Waals surface area contributed by atoms with E-state index in [-0.39, 0.29) is 0 Å². The first-order valence-electron chi connectivity index (χ1n) is 7.44. The lowest BCUT2D eigenvalue weighted by Gasteiger charge is -2.23. The van der Waals surface area contributed by atoms with E-state index >= 15 is 0 Å². The summed E-state index contributed by atoms with van der Waals surface area (Å²) in [5, 5.41) is 3.52. The molecule has 0 spiro atoms. The van der Waals surface area contributed by atoms with Crippen LogP contribution in [-0.4, -0.2) is 37.9 Å². The molecule has 1 aromatic rings. The molecule has 1 aromatic carbocycles. The molecule has 0 aromatic heterocycles. The van der Waals surface area contributed by atoms with Crippen LogP contribution in [-0.2, 0) is 16.4 Å². The van der Waals surface area contributed by atoms with Crippen molar-refractivity contribution in [1.82, 2.24) is 9.62 Å². The van der Waals surface area contributed by atoms with Crippen LogP contribution in [0.15, 0.2) is 29.2 Å². The molecule has 2 unspecified atom stereocenters. The molecule has 1 N–H and O–H groups in total. The molecule has 110 valence electrons. The fraction of sp³-hybridized carbons (Fsp3) is 0.600. The molecule has 3 rings (SSSR count). The zero-order chi connectivity index (χ0) is 14.2.